The van der Waals surface area contributed by atoms with E-state index in [4.69, 9.17) is 9.47 Å². The van der Waals surface area contributed by atoms with E-state index in [2.05, 4.69) is 57.3 Å². The van der Waals surface area contributed by atoms with Gasteiger partial charge >= 0.3 is 12.1 Å². The molecule has 0 saturated heterocycles. The van der Waals surface area contributed by atoms with Crippen LogP contribution in [-0.4, -0.2) is 48.4 Å². The van der Waals surface area contributed by atoms with Crippen molar-refractivity contribution in [2.45, 2.75) is 97.0 Å². The molecule has 1 aromatic heterocycles. The summed E-state index contributed by atoms with van der Waals surface area (Å²) in [5.74, 6) is -0.334. The lowest BCUT2D eigenvalue weighted by atomic mass is 10.0. The number of alkyl carbamates (subject to hydrolysis) is 1. The van der Waals surface area contributed by atoms with Gasteiger partial charge in [-0.15, -0.1) is 0 Å². The fraction of sp³-hybridized carbons (Fsp3) is 0.615. The fourth-order valence-corrected chi connectivity index (χ4v) is 12.3. The Hall–Kier alpha value is -2.48. The van der Waals surface area contributed by atoms with Crippen LogP contribution in [0.25, 0.3) is 10.9 Å². The lowest BCUT2D eigenvalue weighted by Crippen LogP contribution is -2.51. The zero-order valence-electron chi connectivity index (χ0n) is 22.4. The molecule has 0 aliphatic rings. The van der Waals surface area contributed by atoms with E-state index in [0.29, 0.717) is 16.6 Å². The summed E-state index contributed by atoms with van der Waals surface area (Å²) in [7, 11) is -0.836. The van der Waals surface area contributed by atoms with Crippen molar-refractivity contribution in [1.82, 2.24) is 9.55 Å². The van der Waals surface area contributed by atoms with E-state index in [-0.39, 0.29) is 12.2 Å². The molecule has 1 amide bonds. The summed E-state index contributed by atoms with van der Waals surface area (Å²) >= 11 is 0. The van der Waals surface area contributed by atoms with E-state index in [1.807, 2.05) is 12.1 Å². The van der Waals surface area contributed by atoms with E-state index < -0.39 is 31.9 Å². The highest BCUT2D eigenvalue weighted by atomic mass is 28.3. The summed E-state index contributed by atoms with van der Waals surface area (Å²) in [6.07, 6.45) is 1.71. The van der Waals surface area contributed by atoms with Gasteiger partial charge in [-0.25, -0.2) is 9.59 Å². The van der Waals surface area contributed by atoms with Crippen LogP contribution in [0.2, 0.25) is 16.6 Å². The molecule has 0 spiro atoms. The van der Waals surface area contributed by atoms with Gasteiger partial charge < -0.3 is 24.1 Å². The molecule has 1 unspecified atom stereocenters. The van der Waals surface area contributed by atoms with Crippen LogP contribution in [-0.2, 0) is 20.7 Å². The monoisotopic (exact) mass is 490 g/mol. The Bertz CT molecular complexity index is 998. The quantitative estimate of drug-likeness (QED) is 0.351. The van der Waals surface area contributed by atoms with Crippen molar-refractivity contribution in [3.05, 3.63) is 30.0 Å². The summed E-state index contributed by atoms with van der Waals surface area (Å²) in [5.41, 5.74) is 2.51. The number of nitrogens with one attached hydrogen (secondary N) is 1. The predicted octanol–water partition coefficient (Wildman–Crippen LogP) is 5.98. The number of phenols is 1. The van der Waals surface area contributed by atoms with E-state index in [1.54, 1.807) is 26.8 Å². The number of nitrogens with zero attached hydrogens (tertiary/aromatic N) is 1. The minimum absolute atomic E-state index is 0.203. The summed E-state index contributed by atoms with van der Waals surface area (Å²) in [6.45, 7) is 19.0. The second kappa shape index (κ2) is 10.4. The molecule has 0 aliphatic carbocycles. The molecule has 0 aliphatic heterocycles. The standard InChI is InChI=1S/C26H42N2O5Si/c1-16(2)34(17(3)4,18(5)6)28-15-19(21-12-11-20(29)14-23(21)28)13-22(24(30)32-10)27-25(31)33-26(7,8)9/h11-12,14-18,22,29H,13H2,1-10H3,(H,27,31). The second-order valence-corrected chi connectivity index (χ2v) is 16.7. The van der Waals surface area contributed by atoms with E-state index >= 15 is 0 Å². The molecule has 0 radical (unpaired) electrons. The van der Waals surface area contributed by atoms with Gasteiger partial charge in [0, 0.05) is 23.4 Å². The summed E-state index contributed by atoms with van der Waals surface area (Å²) < 4.78 is 12.8. The smallest absolute Gasteiger partial charge is 0.408 e. The highest BCUT2D eigenvalue weighted by molar-refractivity contribution is 6.82. The van der Waals surface area contributed by atoms with Gasteiger partial charge in [0.25, 0.3) is 0 Å². The molecule has 34 heavy (non-hydrogen) atoms. The van der Waals surface area contributed by atoms with Gasteiger partial charge in [-0.3, -0.25) is 0 Å². The Labute approximate surface area is 204 Å². The number of esters is 1. The van der Waals surface area contributed by atoms with Crippen molar-refractivity contribution in [3.8, 4) is 5.75 Å². The number of rotatable bonds is 8. The molecule has 1 atom stereocenters. The number of aromatic nitrogens is 1. The maximum Gasteiger partial charge on any atom is 0.408 e. The number of hydrogen-bond donors (Lipinski definition) is 2. The number of benzene rings is 1. The number of carbonyl (C=O) groups is 2. The van der Waals surface area contributed by atoms with Gasteiger partial charge in [0.2, 0.25) is 0 Å². The second-order valence-electron chi connectivity index (χ2n) is 11.0. The average Bonchev–Trinajstić information content (AvgIpc) is 3.02. The van der Waals surface area contributed by atoms with Crippen molar-refractivity contribution in [2.75, 3.05) is 7.11 Å². The Morgan fingerprint density at radius 1 is 1.06 bits per heavy atom. The normalized spacial score (nSPS) is 13.6. The SMILES string of the molecule is COC(=O)C(Cc1cn([Si](C(C)C)(C(C)C)C(C)C)c2cc(O)ccc12)NC(=O)OC(C)(C)C. The minimum atomic E-state index is -2.14. The largest absolute Gasteiger partial charge is 0.508 e. The van der Waals surface area contributed by atoms with Crippen LogP contribution >= 0.6 is 0 Å². The van der Waals surface area contributed by atoms with Crippen LogP contribution in [0.4, 0.5) is 4.79 Å². The van der Waals surface area contributed by atoms with E-state index in [1.165, 1.54) is 7.11 Å². The van der Waals surface area contributed by atoms with Gasteiger partial charge in [-0.2, -0.15) is 0 Å². The van der Waals surface area contributed by atoms with Crippen LogP contribution in [0.15, 0.2) is 24.4 Å². The molecule has 1 heterocycles. The molecule has 0 fully saturated rings. The third kappa shape index (κ3) is 5.59. The Kier molecular flexibility index (Phi) is 8.51. The molecule has 0 saturated carbocycles. The minimum Gasteiger partial charge on any atom is -0.508 e. The maximum atomic E-state index is 12.6. The van der Waals surface area contributed by atoms with Crippen molar-refractivity contribution in [3.63, 3.8) is 0 Å². The first kappa shape index (κ1) is 27.8. The number of carbonyl (C=O) groups excluding carboxylic acids is 2. The Morgan fingerprint density at radius 2 is 1.62 bits per heavy atom. The summed E-state index contributed by atoms with van der Waals surface area (Å²) in [6, 6.07) is 4.45. The molecule has 1 aromatic carbocycles. The first-order valence-corrected chi connectivity index (χ1v) is 14.2. The molecule has 190 valence electrons. The number of phenolic OH excluding ortho intramolecular Hbond substituents is 1. The van der Waals surface area contributed by atoms with Crippen molar-refractivity contribution in [2.24, 2.45) is 0 Å². The molecule has 0 bridgehead atoms. The highest BCUT2D eigenvalue weighted by Gasteiger charge is 2.46. The zero-order valence-corrected chi connectivity index (χ0v) is 23.4. The molecular formula is C26H42N2O5Si. The van der Waals surface area contributed by atoms with Gasteiger partial charge in [0.05, 0.1) is 7.11 Å². The molecule has 7 nitrogen and oxygen atoms in total. The van der Waals surface area contributed by atoms with Gasteiger partial charge in [-0.05, 0) is 61.3 Å². The fourth-order valence-electron chi connectivity index (χ4n) is 5.61. The third-order valence-corrected chi connectivity index (χ3v) is 13.4. The molecule has 2 rings (SSSR count). The van der Waals surface area contributed by atoms with Crippen LogP contribution in [0, 0.1) is 0 Å². The number of ether oxygens (including phenoxy) is 2. The van der Waals surface area contributed by atoms with Crippen molar-refractivity contribution in [1.29, 1.82) is 0 Å². The van der Waals surface area contributed by atoms with E-state index in [9.17, 15) is 14.7 Å². The molecule has 2 aromatic rings. The number of methoxy groups -OCH3 is 1. The first-order valence-electron chi connectivity index (χ1n) is 12.1. The van der Waals surface area contributed by atoms with Gasteiger partial charge in [0.15, 0.2) is 8.24 Å². The Morgan fingerprint density at radius 3 is 2.09 bits per heavy atom. The van der Waals surface area contributed by atoms with Crippen molar-refractivity contribution >= 4 is 31.2 Å². The number of fused-ring (bicyclic) bond motifs is 1. The molecule has 2 N–H and O–H groups in total. The van der Waals surface area contributed by atoms with Crippen LogP contribution in [0.1, 0.15) is 67.9 Å². The number of hydrogen-bond acceptors (Lipinski definition) is 5. The van der Waals surface area contributed by atoms with Crippen LogP contribution in [0.3, 0.4) is 0 Å². The van der Waals surface area contributed by atoms with Crippen LogP contribution < -0.4 is 5.32 Å². The first-order chi connectivity index (χ1) is 15.6. The average molecular weight is 491 g/mol. The van der Waals surface area contributed by atoms with Gasteiger partial charge in [-0.1, -0.05) is 41.5 Å². The Balaban J connectivity index is 2.65. The summed E-state index contributed by atoms with van der Waals surface area (Å²) in [4.78, 5) is 25.1. The maximum absolute atomic E-state index is 12.6. The number of aromatic hydroxyl groups is 1. The lowest BCUT2D eigenvalue weighted by Gasteiger charge is -2.44. The topological polar surface area (TPSA) is 89.8 Å². The number of amides is 1. The summed E-state index contributed by atoms with van der Waals surface area (Å²) in [5, 5.41) is 14.0. The van der Waals surface area contributed by atoms with Crippen molar-refractivity contribution < 1.29 is 24.2 Å². The highest BCUT2D eigenvalue weighted by Crippen LogP contribution is 2.45. The van der Waals surface area contributed by atoms with Crippen LogP contribution in [0.5, 0.6) is 5.75 Å². The zero-order chi connectivity index (χ0) is 26.0. The van der Waals surface area contributed by atoms with E-state index in [0.717, 1.165) is 16.5 Å². The third-order valence-electron chi connectivity index (χ3n) is 6.66. The molecule has 8 heteroatoms. The van der Waals surface area contributed by atoms with Gasteiger partial charge in [0.1, 0.15) is 17.4 Å². The predicted molar refractivity (Wildman–Crippen MR) is 139 cm³/mol. The molecular weight excluding hydrogens is 448 g/mol. The lowest BCUT2D eigenvalue weighted by molar-refractivity contribution is -0.143.